The van der Waals surface area contributed by atoms with Crippen LogP contribution in [-0.4, -0.2) is 29.7 Å². The van der Waals surface area contributed by atoms with Gasteiger partial charge < -0.3 is 19.3 Å². The van der Waals surface area contributed by atoms with Gasteiger partial charge in [-0.15, -0.1) is 0 Å². The molecule has 0 spiro atoms. The summed E-state index contributed by atoms with van der Waals surface area (Å²) >= 11 is 0. The van der Waals surface area contributed by atoms with E-state index in [0.717, 1.165) is 22.4 Å². The molecule has 1 aromatic heterocycles. The number of carboxylic acids is 1. The number of nitrogens with zero attached hydrogens (tertiary/aromatic N) is 2. The van der Waals surface area contributed by atoms with Crippen molar-refractivity contribution in [1.82, 2.24) is 10.4 Å². The molecule has 0 saturated heterocycles. The molecule has 0 atom stereocenters. The second-order valence-corrected chi connectivity index (χ2v) is 7.73. The summed E-state index contributed by atoms with van der Waals surface area (Å²) in [6.07, 6.45) is 0.0208. The van der Waals surface area contributed by atoms with Gasteiger partial charge in [-0.1, -0.05) is 68.4 Å². The predicted octanol–water partition coefficient (Wildman–Crippen LogP) is 6.34. The Kier molecular flexibility index (Phi) is 9.65. The molecule has 1 heterocycles. The first-order chi connectivity index (χ1) is 17.6. The molecule has 0 bridgehead atoms. The average molecular weight is 488 g/mol. The van der Waals surface area contributed by atoms with Gasteiger partial charge in [0, 0.05) is 30.3 Å². The van der Waals surface area contributed by atoms with Crippen LogP contribution in [0.2, 0.25) is 0 Å². The highest BCUT2D eigenvalue weighted by Crippen LogP contribution is 2.32. The van der Waals surface area contributed by atoms with Crippen LogP contribution in [0, 0.1) is 6.92 Å². The van der Waals surface area contributed by atoms with Crippen LogP contribution in [0.25, 0.3) is 22.8 Å². The lowest BCUT2D eigenvalue weighted by molar-refractivity contribution is -0.136. The van der Waals surface area contributed by atoms with E-state index in [9.17, 15) is 4.79 Å². The molecule has 36 heavy (non-hydrogen) atoms. The number of aromatic nitrogens is 1. The fraction of sp³-hybridized carbons (Fsp3) is 0.241. The summed E-state index contributed by atoms with van der Waals surface area (Å²) in [5.74, 6) is 1.06. The van der Waals surface area contributed by atoms with E-state index < -0.39 is 5.97 Å². The van der Waals surface area contributed by atoms with Gasteiger partial charge in [0.25, 0.3) is 0 Å². The standard InChI is InChI=1S/C27H27N3O4.C2H6/c1-19-23(30(28-2)17-16-25(31)32)14-9-15-24(19)33-18-22-26(20-10-5-3-6-11-20)34-27(29-22)21-12-7-4-8-13-21;1-2/h3-15,28H,16-18H2,1-2H3,(H,31,32);1-2H3. The summed E-state index contributed by atoms with van der Waals surface area (Å²) in [6, 6.07) is 25.3. The van der Waals surface area contributed by atoms with Crippen molar-refractivity contribution in [2.75, 3.05) is 18.6 Å². The zero-order valence-corrected chi connectivity index (χ0v) is 21.2. The SMILES string of the molecule is CC.CNN(CCC(=O)O)c1cccc(OCc2nc(-c3ccccc3)oc2-c2ccccc2)c1C. The van der Waals surface area contributed by atoms with Gasteiger partial charge in [-0.3, -0.25) is 4.79 Å². The maximum atomic E-state index is 11.0. The first-order valence-corrected chi connectivity index (χ1v) is 12.1. The predicted molar refractivity (Wildman–Crippen MR) is 143 cm³/mol. The quantitative estimate of drug-likeness (QED) is 0.252. The topological polar surface area (TPSA) is 87.8 Å². The normalized spacial score (nSPS) is 10.3. The highest BCUT2D eigenvalue weighted by Gasteiger charge is 2.18. The summed E-state index contributed by atoms with van der Waals surface area (Å²) in [5.41, 5.74) is 7.33. The largest absolute Gasteiger partial charge is 0.487 e. The Morgan fingerprint density at radius 2 is 1.61 bits per heavy atom. The van der Waals surface area contributed by atoms with Crippen LogP contribution in [0.1, 0.15) is 31.5 Å². The molecule has 0 fully saturated rings. The van der Waals surface area contributed by atoms with Gasteiger partial charge >= 0.3 is 5.97 Å². The van der Waals surface area contributed by atoms with Crippen LogP contribution in [0.3, 0.4) is 0 Å². The lowest BCUT2D eigenvalue weighted by Gasteiger charge is -2.25. The van der Waals surface area contributed by atoms with E-state index in [1.165, 1.54) is 0 Å². The number of carbonyl (C=O) groups is 1. The van der Waals surface area contributed by atoms with Gasteiger partial charge in [0.15, 0.2) is 5.76 Å². The van der Waals surface area contributed by atoms with E-state index in [4.69, 9.17) is 19.2 Å². The van der Waals surface area contributed by atoms with Gasteiger partial charge in [-0.05, 0) is 31.2 Å². The number of carboxylic acid groups (broad SMARTS) is 1. The maximum absolute atomic E-state index is 11.0. The van der Waals surface area contributed by atoms with Crippen LogP contribution >= 0.6 is 0 Å². The first kappa shape index (κ1) is 26.5. The van der Waals surface area contributed by atoms with E-state index >= 15 is 0 Å². The number of rotatable bonds is 10. The number of ether oxygens (including phenoxy) is 1. The van der Waals surface area contributed by atoms with Crippen molar-refractivity contribution in [3.05, 3.63) is 90.1 Å². The van der Waals surface area contributed by atoms with Crippen LogP contribution in [0.4, 0.5) is 5.69 Å². The number of oxazole rings is 1. The van der Waals surface area contributed by atoms with Crippen molar-refractivity contribution >= 4 is 11.7 Å². The van der Waals surface area contributed by atoms with Gasteiger partial charge in [0.05, 0.1) is 12.1 Å². The smallest absolute Gasteiger partial charge is 0.305 e. The van der Waals surface area contributed by atoms with Gasteiger partial charge in [0.1, 0.15) is 18.1 Å². The molecule has 188 valence electrons. The van der Waals surface area contributed by atoms with Crippen molar-refractivity contribution in [1.29, 1.82) is 0 Å². The summed E-state index contributed by atoms with van der Waals surface area (Å²) in [5, 5.41) is 10.8. The molecule has 7 heteroatoms. The number of hydrazine groups is 1. The fourth-order valence-corrected chi connectivity index (χ4v) is 3.73. The Morgan fingerprint density at radius 1 is 0.972 bits per heavy atom. The summed E-state index contributed by atoms with van der Waals surface area (Å²) in [7, 11) is 1.77. The lowest BCUT2D eigenvalue weighted by atomic mass is 10.1. The zero-order valence-electron chi connectivity index (χ0n) is 21.2. The zero-order chi connectivity index (χ0) is 25.9. The van der Waals surface area contributed by atoms with Crippen LogP contribution in [-0.2, 0) is 11.4 Å². The number of hydrogen-bond acceptors (Lipinski definition) is 6. The second kappa shape index (κ2) is 13.1. The average Bonchev–Trinajstić information content (AvgIpc) is 3.35. The van der Waals surface area contributed by atoms with Crippen molar-refractivity contribution in [2.24, 2.45) is 0 Å². The molecule has 0 unspecified atom stereocenters. The van der Waals surface area contributed by atoms with E-state index in [1.807, 2.05) is 99.6 Å². The molecule has 0 radical (unpaired) electrons. The first-order valence-electron chi connectivity index (χ1n) is 12.1. The minimum Gasteiger partial charge on any atom is -0.487 e. The molecule has 0 aliphatic rings. The van der Waals surface area contributed by atoms with Crippen molar-refractivity contribution in [3.8, 4) is 28.5 Å². The Balaban J connectivity index is 0.00000176. The summed E-state index contributed by atoms with van der Waals surface area (Å²) < 4.78 is 12.4. The number of nitrogens with one attached hydrogen (secondary N) is 1. The minimum atomic E-state index is -0.848. The summed E-state index contributed by atoms with van der Waals surface area (Å²) in [6.45, 7) is 6.50. The number of hydrogen-bond donors (Lipinski definition) is 2. The van der Waals surface area contributed by atoms with E-state index in [-0.39, 0.29) is 13.0 Å². The van der Waals surface area contributed by atoms with Crippen LogP contribution in [0.5, 0.6) is 5.75 Å². The molecule has 4 aromatic rings. The Labute approximate surface area is 212 Å². The fourth-order valence-electron chi connectivity index (χ4n) is 3.73. The van der Waals surface area contributed by atoms with Crippen LogP contribution in [0.15, 0.2) is 83.3 Å². The number of benzene rings is 3. The molecule has 0 amide bonds. The van der Waals surface area contributed by atoms with Crippen molar-refractivity contribution in [2.45, 2.75) is 33.8 Å². The molecular formula is C29H33N3O4. The van der Waals surface area contributed by atoms with E-state index in [1.54, 1.807) is 12.1 Å². The molecule has 0 aliphatic carbocycles. The lowest BCUT2D eigenvalue weighted by Crippen LogP contribution is -2.37. The van der Waals surface area contributed by atoms with Crippen LogP contribution < -0.4 is 15.2 Å². The molecule has 3 aromatic carbocycles. The molecule has 7 nitrogen and oxygen atoms in total. The molecule has 0 aliphatic heterocycles. The third-order valence-corrected chi connectivity index (χ3v) is 5.48. The Morgan fingerprint density at radius 3 is 2.22 bits per heavy atom. The Bertz CT molecular complexity index is 1240. The third kappa shape index (κ3) is 6.52. The van der Waals surface area contributed by atoms with Crippen molar-refractivity contribution < 1.29 is 19.1 Å². The van der Waals surface area contributed by atoms with Gasteiger partial charge in [-0.2, -0.15) is 0 Å². The van der Waals surface area contributed by atoms with Gasteiger partial charge in [-0.25, -0.2) is 10.4 Å². The van der Waals surface area contributed by atoms with E-state index in [0.29, 0.717) is 29.6 Å². The van der Waals surface area contributed by atoms with E-state index in [2.05, 4.69) is 5.43 Å². The minimum absolute atomic E-state index is 0.0208. The second-order valence-electron chi connectivity index (χ2n) is 7.73. The van der Waals surface area contributed by atoms with Crippen molar-refractivity contribution in [3.63, 3.8) is 0 Å². The molecule has 4 rings (SSSR count). The molecule has 0 saturated carbocycles. The highest BCUT2D eigenvalue weighted by molar-refractivity contribution is 5.68. The molecular weight excluding hydrogens is 454 g/mol. The van der Waals surface area contributed by atoms with Gasteiger partial charge in [0.2, 0.25) is 5.89 Å². The molecule has 2 N–H and O–H groups in total. The summed E-state index contributed by atoms with van der Waals surface area (Å²) in [4.78, 5) is 15.8. The monoisotopic (exact) mass is 487 g/mol. The maximum Gasteiger partial charge on any atom is 0.305 e. The number of aliphatic carboxylic acids is 1. The third-order valence-electron chi connectivity index (χ3n) is 5.48. The Hall–Kier alpha value is -4.10. The highest BCUT2D eigenvalue weighted by atomic mass is 16.5. The number of anilines is 1.